The Morgan fingerprint density at radius 2 is 2.00 bits per heavy atom. The van der Waals surface area contributed by atoms with Crippen LogP contribution in [0.5, 0.6) is 0 Å². The van der Waals surface area contributed by atoms with Crippen molar-refractivity contribution in [2.75, 3.05) is 25.0 Å². The predicted octanol–water partition coefficient (Wildman–Crippen LogP) is 3.83. The Bertz CT molecular complexity index is 1110. The lowest BCUT2D eigenvalue weighted by molar-refractivity contribution is -0.126. The van der Waals surface area contributed by atoms with Crippen molar-refractivity contribution >= 4 is 64.5 Å². The topological polar surface area (TPSA) is 74.3 Å². The molecule has 1 aliphatic rings. The summed E-state index contributed by atoms with van der Waals surface area (Å²) in [5, 5.41) is 8.03. The van der Waals surface area contributed by atoms with Crippen molar-refractivity contribution in [1.29, 1.82) is 0 Å². The maximum absolute atomic E-state index is 13.1. The molecule has 176 valence electrons. The van der Waals surface area contributed by atoms with Gasteiger partial charge >= 0.3 is 0 Å². The smallest absolute Gasteiger partial charge is 0.254 e. The number of carbonyl (C=O) groups is 2. The molecule has 0 aliphatic carbocycles. The Balaban J connectivity index is 1.61. The summed E-state index contributed by atoms with van der Waals surface area (Å²) < 4.78 is 5.57. The number of nitrogens with one attached hydrogen (secondary N) is 2. The second-order valence-corrected chi connectivity index (χ2v) is 9.39. The van der Waals surface area contributed by atoms with Gasteiger partial charge in [0.05, 0.1) is 4.53 Å². The number of rotatable bonds is 8. The van der Waals surface area contributed by atoms with Gasteiger partial charge in [-0.1, -0.05) is 54.9 Å². The van der Waals surface area contributed by atoms with Gasteiger partial charge in [0, 0.05) is 40.5 Å². The Morgan fingerprint density at radius 3 is 2.70 bits per heavy atom. The summed E-state index contributed by atoms with van der Waals surface area (Å²) in [5.74, 6) is 0.388. The molecule has 0 saturated carbocycles. The SMILES string of the molecule is C=C/C=c1/c(NCCNC(=O)C2CCCCN2C(=O)c2cc(Cl)cc(Cl)c2)ns/c1=C/CC. The van der Waals surface area contributed by atoms with Gasteiger partial charge in [0.25, 0.3) is 5.91 Å². The minimum absolute atomic E-state index is 0.158. The third-order valence-electron chi connectivity index (χ3n) is 5.32. The van der Waals surface area contributed by atoms with Crippen LogP contribution in [0.1, 0.15) is 43.0 Å². The molecule has 1 saturated heterocycles. The molecule has 2 amide bonds. The summed E-state index contributed by atoms with van der Waals surface area (Å²) in [6.45, 7) is 7.32. The molecule has 1 aromatic heterocycles. The second-order valence-electron chi connectivity index (χ2n) is 7.71. The number of hydrogen-bond donors (Lipinski definition) is 2. The van der Waals surface area contributed by atoms with Gasteiger partial charge in [-0.3, -0.25) is 9.59 Å². The van der Waals surface area contributed by atoms with E-state index in [1.165, 1.54) is 11.5 Å². The Morgan fingerprint density at radius 1 is 1.24 bits per heavy atom. The van der Waals surface area contributed by atoms with Crippen LogP contribution in [-0.2, 0) is 4.79 Å². The summed E-state index contributed by atoms with van der Waals surface area (Å²) in [6, 6.07) is 4.23. The lowest BCUT2D eigenvalue weighted by Gasteiger charge is -2.34. The van der Waals surface area contributed by atoms with Crippen LogP contribution < -0.4 is 20.4 Å². The van der Waals surface area contributed by atoms with Gasteiger partial charge in [0.15, 0.2) is 0 Å². The molecule has 2 aromatic rings. The van der Waals surface area contributed by atoms with E-state index >= 15 is 0 Å². The number of piperidine rings is 1. The van der Waals surface area contributed by atoms with E-state index in [4.69, 9.17) is 23.2 Å². The fourth-order valence-electron chi connectivity index (χ4n) is 3.82. The molecule has 1 fully saturated rings. The number of aromatic nitrogens is 1. The first-order valence-corrected chi connectivity index (χ1v) is 12.5. The van der Waals surface area contributed by atoms with Gasteiger partial charge in [-0.15, -0.1) is 0 Å². The number of halogens is 2. The van der Waals surface area contributed by atoms with Crippen LogP contribution in [0, 0.1) is 0 Å². The quantitative estimate of drug-likeness (QED) is 0.533. The van der Waals surface area contributed by atoms with Crippen molar-refractivity contribution in [3.05, 3.63) is 56.2 Å². The highest BCUT2D eigenvalue weighted by molar-refractivity contribution is 7.03. The van der Waals surface area contributed by atoms with Crippen LogP contribution in [0.15, 0.2) is 30.9 Å². The highest BCUT2D eigenvalue weighted by Crippen LogP contribution is 2.24. The molecule has 1 aliphatic heterocycles. The number of benzene rings is 1. The zero-order chi connectivity index (χ0) is 23.8. The van der Waals surface area contributed by atoms with Crippen molar-refractivity contribution < 1.29 is 9.59 Å². The molecule has 1 atom stereocenters. The van der Waals surface area contributed by atoms with Crippen LogP contribution in [0.25, 0.3) is 12.2 Å². The van der Waals surface area contributed by atoms with E-state index in [9.17, 15) is 9.59 Å². The summed E-state index contributed by atoms with van der Waals surface area (Å²) in [4.78, 5) is 27.6. The second kappa shape index (κ2) is 12.2. The molecule has 0 spiro atoms. The molecule has 0 radical (unpaired) electrons. The van der Waals surface area contributed by atoms with Gasteiger partial charge in [0.2, 0.25) is 5.91 Å². The van der Waals surface area contributed by atoms with Gasteiger partial charge < -0.3 is 15.5 Å². The first kappa shape index (κ1) is 25.3. The first-order chi connectivity index (χ1) is 15.9. The number of likely N-dealkylation sites (tertiary alicyclic amines) is 1. The number of amides is 2. The summed E-state index contributed by atoms with van der Waals surface area (Å²) in [6.07, 6.45) is 9.10. The summed E-state index contributed by atoms with van der Waals surface area (Å²) in [5.41, 5.74) is 0.392. The first-order valence-electron chi connectivity index (χ1n) is 11.0. The van der Waals surface area contributed by atoms with E-state index < -0.39 is 6.04 Å². The number of carbonyl (C=O) groups excluding carboxylic acids is 2. The van der Waals surface area contributed by atoms with Gasteiger partial charge in [-0.05, 0) is 55.4 Å². The number of nitrogens with zero attached hydrogens (tertiary/aromatic N) is 2. The maximum atomic E-state index is 13.1. The molecule has 2 heterocycles. The van der Waals surface area contributed by atoms with Crippen molar-refractivity contribution in [3.63, 3.8) is 0 Å². The average Bonchev–Trinajstić information content (AvgIpc) is 3.17. The maximum Gasteiger partial charge on any atom is 0.254 e. The number of hydrogen-bond acceptors (Lipinski definition) is 5. The van der Waals surface area contributed by atoms with Crippen molar-refractivity contribution in [3.8, 4) is 0 Å². The fraction of sp³-hybridized carbons (Fsp3) is 0.375. The molecular formula is C24H28Cl2N4O2S. The number of anilines is 1. The van der Waals surface area contributed by atoms with E-state index in [1.807, 2.05) is 6.08 Å². The van der Waals surface area contributed by atoms with Crippen LogP contribution in [0.3, 0.4) is 0 Å². The van der Waals surface area contributed by atoms with E-state index in [1.54, 1.807) is 29.2 Å². The molecule has 33 heavy (non-hydrogen) atoms. The van der Waals surface area contributed by atoms with Gasteiger partial charge in [-0.2, -0.15) is 4.37 Å². The molecular weight excluding hydrogens is 479 g/mol. The zero-order valence-corrected chi connectivity index (χ0v) is 20.9. The predicted molar refractivity (Wildman–Crippen MR) is 137 cm³/mol. The Labute approximate surface area is 208 Å². The highest BCUT2D eigenvalue weighted by atomic mass is 35.5. The van der Waals surface area contributed by atoms with Gasteiger partial charge in [-0.25, -0.2) is 0 Å². The Hall–Kier alpha value is -2.35. The lowest BCUT2D eigenvalue weighted by atomic mass is 10.00. The van der Waals surface area contributed by atoms with E-state index in [0.29, 0.717) is 41.7 Å². The van der Waals surface area contributed by atoms with Crippen molar-refractivity contribution in [2.24, 2.45) is 0 Å². The minimum atomic E-state index is -0.515. The van der Waals surface area contributed by atoms with Crippen molar-refractivity contribution in [2.45, 2.75) is 38.6 Å². The zero-order valence-electron chi connectivity index (χ0n) is 18.6. The van der Waals surface area contributed by atoms with E-state index in [-0.39, 0.29) is 11.8 Å². The minimum Gasteiger partial charge on any atom is -0.367 e. The molecule has 9 heteroatoms. The largest absolute Gasteiger partial charge is 0.367 e. The van der Waals surface area contributed by atoms with E-state index in [0.717, 1.165) is 34.8 Å². The lowest BCUT2D eigenvalue weighted by Crippen LogP contribution is -2.52. The third kappa shape index (κ3) is 6.59. The molecule has 2 N–H and O–H groups in total. The monoisotopic (exact) mass is 506 g/mol. The van der Waals surface area contributed by atoms with Gasteiger partial charge in [0.1, 0.15) is 11.9 Å². The highest BCUT2D eigenvalue weighted by Gasteiger charge is 2.32. The van der Waals surface area contributed by atoms with E-state index in [2.05, 4.69) is 34.6 Å². The molecule has 6 nitrogen and oxygen atoms in total. The average molecular weight is 507 g/mol. The summed E-state index contributed by atoms with van der Waals surface area (Å²) in [7, 11) is 0. The van der Waals surface area contributed by atoms with Crippen LogP contribution >= 0.6 is 34.7 Å². The molecule has 3 rings (SSSR count). The molecule has 0 bridgehead atoms. The standard InChI is InChI=1S/C24H28Cl2N4O2S/c1-3-7-19-21(8-4-2)33-29-22(19)27-10-11-28-23(31)20-9-5-6-12-30(20)24(32)16-13-17(25)15-18(26)14-16/h3,7-8,13-15,20H,1,4-6,9-12H2,2H3,(H,27,29)(H,28,31)/b19-7+,21-8+. The normalized spacial score (nSPS) is 17.2. The van der Waals surface area contributed by atoms with Crippen LogP contribution in [0.4, 0.5) is 5.82 Å². The molecule has 1 unspecified atom stereocenters. The summed E-state index contributed by atoms with van der Waals surface area (Å²) >= 11 is 13.6. The third-order valence-corrected chi connectivity index (χ3v) is 6.62. The Kier molecular flexibility index (Phi) is 9.35. The molecule has 1 aromatic carbocycles. The van der Waals surface area contributed by atoms with Crippen LogP contribution in [-0.4, -0.2) is 46.8 Å². The van der Waals surface area contributed by atoms with Crippen LogP contribution in [0.2, 0.25) is 10.0 Å². The number of allylic oxidation sites excluding steroid dienone is 1. The van der Waals surface area contributed by atoms with Crippen molar-refractivity contribution in [1.82, 2.24) is 14.6 Å². The fourth-order valence-corrected chi connectivity index (χ4v) is 5.21.